The maximum Gasteiger partial charge on any atom is 0.0660 e. The summed E-state index contributed by atoms with van der Waals surface area (Å²) < 4.78 is 1.41. The van der Waals surface area contributed by atoms with Gasteiger partial charge in [0.15, 0.2) is 0 Å². The van der Waals surface area contributed by atoms with Crippen molar-refractivity contribution in [1.29, 1.82) is 0 Å². The van der Waals surface area contributed by atoms with E-state index in [1.54, 1.807) is 0 Å². The quantitative estimate of drug-likeness (QED) is 0.609. The molecule has 3 nitrogen and oxygen atoms in total. The van der Waals surface area contributed by atoms with Gasteiger partial charge in [-0.25, -0.2) is 0 Å². The third-order valence-electron chi connectivity index (χ3n) is 6.01. The van der Waals surface area contributed by atoms with Gasteiger partial charge in [-0.2, -0.15) is 0 Å². The van der Waals surface area contributed by atoms with Crippen LogP contribution in [0, 0.1) is 6.92 Å². The predicted octanol–water partition coefficient (Wildman–Crippen LogP) is 5.22. The molecule has 3 heterocycles. The molecule has 0 saturated carbocycles. The fraction of sp³-hybridized carbons (Fsp3) is 0.375. The molecule has 2 aliphatic rings. The van der Waals surface area contributed by atoms with Crippen LogP contribution < -0.4 is 4.90 Å². The summed E-state index contributed by atoms with van der Waals surface area (Å²) in [5.41, 5.74) is 5.42. The Labute approximate surface area is 171 Å². The monoisotopic (exact) mass is 389 g/mol. The van der Waals surface area contributed by atoms with Crippen molar-refractivity contribution in [3.05, 3.63) is 58.5 Å². The Morgan fingerprint density at radius 2 is 1.93 bits per heavy atom. The molecular weight excluding hydrogens is 362 g/mol. The summed E-state index contributed by atoms with van der Waals surface area (Å²) in [4.78, 5) is 11.2. The molecule has 0 N–H and O–H groups in total. The second-order valence-corrected chi connectivity index (χ2v) is 9.23. The molecule has 0 bridgehead atoms. The summed E-state index contributed by atoms with van der Waals surface area (Å²) >= 11 is 1.90. The number of fused-ring (bicyclic) bond motifs is 2. The number of thiophene rings is 1. The van der Waals surface area contributed by atoms with E-state index >= 15 is 0 Å². The minimum atomic E-state index is 1.08. The van der Waals surface area contributed by atoms with Crippen molar-refractivity contribution >= 4 is 39.0 Å². The van der Waals surface area contributed by atoms with Crippen molar-refractivity contribution in [1.82, 2.24) is 4.90 Å². The number of hydrogen-bond donors (Lipinski definition) is 0. The highest BCUT2D eigenvalue weighted by Crippen LogP contribution is 2.33. The Bertz CT molecular complexity index is 1010. The molecular formula is C24H27N3S. The van der Waals surface area contributed by atoms with Gasteiger partial charge in [0, 0.05) is 59.6 Å². The van der Waals surface area contributed by atoms with E-state index in [9.17, 15) is 0 Å². The van der Waals surface area contributed by atoms with Crippen LogP contribution in [0.3, 0.4) is 0 Å². The van der Waals surface area contributed by atoms with E-state index in [4.69, 9.17) is 0 Å². The number of hydrogen-bond acceptors (Lipinski definition) is 4. The molecule has 0 aliphatic carbocycles. The second-order valence-electron chi connectivity index (χ2n) is 7.94. The maximum atomic E-state index is 4.57. The van der Waals surface area contributed by atoms with Crippen molar-refractivity contribution in [2.75, 3.05) is 37.6 Å². The van der Waals surface area contributed by atoms with Crippen molar-refractivity contribution in [2.24, 2.45) is 4.99 Å². The molecule has 1 saturated heterocycles. The largest absolute Gasteiger partial charge is 0.368 e. The molecule has 0 radical (unpaired) electrons. The Kier molecular flexibility index (Phi) is 4.91. The molecule has 0 atom stereocenters. The summed E-state index contributed by atoms with van der Waals surface area (Å²) in [5.74, 6) is 0. The summed E-state index contributed by atoms with van der Waals surface area (Å²) in [6.07, 6.45) is 5.38. The van der Waals surface area contributed by atoms with E-state index in [0.717, 1.165) is 52.0 Å². The summed E-state index contributed by atoms with van der Waals surface area (Å²) in [6, 6.07) is 16.0. The zero-order valence-electron chi connectivity index (χ0n) is 16.5. The van der Waals surface area contributed by atoms with Crippen LogP contribution in [-0.4, -0.2) is 43.8 Å². The van der Waals surface area contributed by atoms with Crippen LogP contribution in [0.25, 0.3) is 10.1 Å². The van der Waals surface area contributed by atoms with E-state index in [-0.39, 0.29) is 0 Å². The Morgan fingerprint density at radius 1 is 1.04 bits per heavy atom. The second kappa shape index (κ2) is 7.69. The van der Waals surface area contributed by atoms with Crippen LogP contribution in [0.2, 0.25) is 0 Å². The first kappa shape index (κ1) is 17.9. The molecule has 2 aromatic carbocycles. The summed E-state index contributed by atoms with van der Waals surface area (Å²) in [5, 5.41) is 1.42. The highest BCUT2D eigenvalue weighted by Gasteiger charge is 2.19. The standard InChI is InChI=1S/C24H27N3S/c1-18-16-21-23(5-2-6-24(21)28-18)27-14-12-26(13-15-27)11-9-19-7-8-20-4-3-10-25-22(20)17-19/h2,5-8,10,16-17H,3-4,9,11-15H2,1H3. The first-order valence-electron chi connectivity index (χ1n) is 10.4. The minimum Gasteiger partial charge on any atom is -0.368 e. The molecule has 0 amide bonds. The van der Waals surface area contributed by atoms with Gasteiger partial charge in [-0.15, -0.1) is 11.3 Å². The van der Waals surface area contributed by atoms with Gasteiger partial charge in [0.2, 0.25) is 0 Å². The minimum absolute atomic E-state index is 1.08. The van der Waals surface area contributed by atoms with Gasteiger partial charge in [-0.05, 0) is 61.6 Å². The van der Waals surface area contributed by atoms with Crippen LogP contribution >= 0.6 is 11.3 Å². The van der Waals surface area contributed by atoms with E-state index in [1.165, 1.54) is 37.5 Å². The molecule has 0 unspecified atom stereocenters. The molecule has 1 aromatic heterocycles. The zero-order chi connectivity index (χ0) is 18.9. The number of rotatable bonds is 4. The average molecular weight is 390 g/mol. The first-order valence-corrected chi connectivity index (χ1v) is 11.2. The number of aryl methyl sites for hydroxylation is 2. The highest BCUT2D eigenvalue weighted by atomic mass is 32.1. The van der Waals surface area contributed by atoms with Crippen molar-refractivity contribution in [3.8, 4) is 0 Å². The van der Waals surface area contributed by atoms with Crippen LogP contribution in [0.5, 0.6) is 0 Å². The van der Waals surface area contributed by atoms with Gasteiger partial charge in [0.1, 0.15) is 0 Å². The first-order chi connectivity index (χ1) is 13.8. The molecule has 0 spiro atoms. The molecule has 2 aliphatic heterocycles. The number of anilines is 1. The van der Waals surface area contributed by atoms with Gasteiger partial charge in [-0.1, -0.05) is 18.2 Å². The van der Waals surface area contributed by atoms with Gasteiger partial charge in [-0.3, -0.25) is 9.89 Å². The van der Waals surface area contributed by atoms with E-state index in [0.29, 0.717) is 0 Å². The molecule has 5 rings (SSSR count). The fourth-order valence-corrected chi connectivity index (χ4v) is 5.37. The van der Waals surface area contributed by atoms with Crippen LogP contribution in [0.15, 0.2) is 47.5 Å². The highest BCUT2D eigenvalue weighted by molar-refractivity contribution is 7.19. The lowest BCUT2D eigenvalue weighted by Gasteiger charge is -2.36. The van der Waals surface area contributed by atoms with Gasteiger partial charge in [0.25, 0.3) is 0 Å². The molecule has 3 aromatic rings. The maximum absolute atomic E-state index is 4.57. The van der Waals surface area contributed by atoms with Crippen molar-refractivity contribution < 1.29 is 0 Å². The predicted molar refractivity (Wildman–Crippen MR) is 122 cm³/mol. The Morgan fingerprint density at radius 3 is 2.82 bits per heavy atom. The number of benzene rings is 2. The summed E-state index contributed by atoms with van der Waals surface area (Å²) in [7, 11) is 0. The number of nitrogens with zero attached hydrogens (tertiary/aromatic N) is 3. The van der Waals surface area contributed by atoms with E-state index < -0.39 is 0 Å². The average Bonchev–Trinajstić information content (AvgIpc) is 3.13. The van der Waals surface area contributed by atoms with Crippen molar-refractivity contribution in [2.45, 2.75) is 26.2 Å². The fourth-order valence-electron chi connectivity index (χ4n) is 4.43. The SMILES string of the molecule is Cc1cc2c(N3CCN(CCc4ccc5c(c4)N=CCC5)CC3)cccc2s1. The lowest BCUT2D eigenvalue weighted by Crippen LogP contribution is -2.47. The number of piperazine rings is 1. The van der Waals surface area contributed by atoms with E-state index in [1.807, 2.05) is 11.3 Å². The van der Waals surface area contributed by atoms with Gasteiger partial charge >= 0.3 is 0 Å². The topological polar surface area (TPSA) is 18.8 Å². The number of aliphatic imine (C=N–C) groups is 1. The molecule has 28 heavy (non-hydrogen) atoms. The van der Waals surface area contributed by atoms with Crippen molar-refractivity contribution in [3.63, 3.8) is 0 Å². The smallest absolute Gasteiger partial charge is 0.0660 e. The van der Waals surface area contributed by atoms with Gasteiger partial charge < -0.3 is 4.90 Å². The van der Waals surface area contributed by atoms with Crippen LogP contribution in [0.1, 0.15) is 22.4 Å². The third-order valence-corrected chi connectivity index (χ3v) is 7.03. The lowest BCUT2D eigenvalue weighted by atomic mass is 10.0. The molecule has 144 valence electrons. The van der Waals surface area contributed by atoms with Crippen LogP contribution in [0.4, 0.5) is 11.4 Å². The van der Waals surface area contributed by atoms with E-state index in [2.05, 4.69) is 70.4 Å². The Hall–Kier alpha value is -2.17. The third kappa shape index (κ3) is 3.59. The molecule has 4 heteroatoms. The molecule has 1 fully saturated rings. The van der Waals surface area contributed by atoms with Gasteiger partial charge in [0.05, 0.1) is 5.69 Å². The van der Waals surface area contributed by atoms with Crippen LogP contribution in [-0.2, 0) is 12.8 Å². The summed E-state index contributed by atoms with van der Waals surface area (Å²) in [6.45, 7) is 7.85. The zero-order valence-corrected chi connectivity index (χ0v) is 17.3. The Balaban J connectivity index is 1.20. The lowest BCUT2D eigenvalue weighted by molar-refractivity contribution is 0.261. The normalized spacial score (nSPS) is 17.2.